The van der Waals surface area contributed by atoms with E-state index in [4.69, 9.17) is 14.6 Å². The van der Waals surface area contributed by atoms with Gasteiger partial charge in [-0.15, -0.1) is 0 Å². The smallest absolute Gasteiger partial charge is 0.337 e. The summed E-state index contributed by atoms with van der Waals surface area (Å²) < 4.78 is 11.4. The molecule has 1 unspecified atom stereocenters. The van der Waals surface area contributed by atoms with Gasteiger partial charge in [0.15, 0.2) is 0 Å². The fraction of sp³-hybridized carbons (Fsp3) is 1.00. The third-order valence-electron chi connectivity index (χ3n) is 2.17. The minimum absolute atomic E-state index is 0.731. The maximum atomic E-state index is 5.78. The highest BCUT2D eigenvalue weighted by Gasteiger charge is 2.34. The van der Waals surface area contributed by atoms with Gasteiger partial charge in [-0.3, -0.25) is 0 Å². The van der Waals surface area contributed by atoms with E-state index in [0.29, 0.717) is 0 Å². The van der Waals surface area contributed by atoms with Crippen LogP contribution in [0.3, 0.4) is 0 Å². The lowest BCUT2D eigenvalue weighted by Crippen LogP contribution is -2.41. The van der Waals surface area contributed by atoms with Crippen LogP contribution >= 0.6 is 0 Å². The molecule has 0 bridgehead atoms. The molecule has 13 heavy (non-hydrogen) atoms. The number of nitrogens with two attached hydrogens (primary N) is 1. The second-order valence-electron chi connectivity index (χ2n) is 3.19. The lowest BCUT2D eigenvalue weighted by Gasteiger charge is -2.28. The molecule has 0 spiro atoms. The molecule has 3 nitrogen and oxygen atoms in total. The lowest BCUT2D eigenvalue weighted by molar-refractivity contribution is 0.207. The molecule has 0 saturated carbocycles. The molecule has 0 saturated heterocycles. The predicted octanol–water partition coefficient (Wildman–Crippen LogP) is 1.87. The molecule has 0 rings (SSSR count). The second-order valence-corrected chi connectivity index (χ2v) is 6.71. The van der Waals surface area contributed by atoms with Crippen LogP contribution in [0.2, 0.25) is 12.1 Å². The van der Waals surface area contributed by atoms with E-state index in [1.807, 2.05) is 6.92 Å². The van der Waals surface area contributed by atoms with Crippen molar-refractivity contribution >= 4 is 8.56 Å². The molecule has 0 fully saturated rings. The summed E-state index contributed by atoms with van der Waals surface area (Å²) in [5.74, 6) is 0. The summed E-state index contributed by atoms with van der Waals surface area (Å²) in [5.41, 5.74) is 5.49. The summed E-state index contributed by atoms with van der Waals surface area (Å²) in [6, 6.07) is 2.11. The fourth-order valence-electron chi connectivity index (χ4n) is 1.55. The van der Waals surface area contributed by atoms with Crippen LogP contribution in [0.4, 0.5) is 0 Å². The normalized spacial score (nSPS) is 15.7. The molecule has 0 aromatic carbocycles. The second kappa shape index (κ2) is 7.50. The Morgan fingerprint density at radius 2 is 1.92 bits per heavy atom. The van der Waals surface area contributed by atoms with Crippen molar-refractivity contribution in [3.8, 4) is 0 Å². The topological polar surface area (TPSA) is 44.5 Å². The Hall–Kier alpha value is 0.0969. The van der Waals surface area contributed by atoms with Gasteiger partial charge < -0.3 is 14.6 Å². The molecule has 1 atom stereocenters. The fourth-order valence-corrected chi connectivity index (χ4v) is 4.64. The van der Waals surface area contributed by atoms with Gasteiger partial charge in [0, 0.05) is 13.7 Å². The molecular formula is C9H23NO2Si. The van der Waals surface area contributed by atoms with Crippen molar-refractivity contribution in [3.63, 3.8) is 0 Å². The van der Waals surface area contributed by atoms with Crippen LogP contribution in [0.15, 0.2) is 0 Å². The van der Waals surface area contributed by atoms with E-state index in [0.717, 1.165) is 38.1 Å². The first kappa shape index (κ1) is 13.1. The zero-order valence-electron chi connectivity index (χ0n) is 9.14. The first-order valence-corrected chi connectivity index (χ1v) is 7.37. The maximum Gasteiger partial charge on any atom is 0.337 e. The van der Waals surface area contributed by atoms with Gasteiger partial charge >= 0.3 is 8.56 Å². The van der Waals surface area contributed by atoms with Crippen LogP contribution in [0.1, 0.15) is 26.7 Å². The van der Waals surface area contributed by atoms with Crippen molar-refractivity contribution in [1.82, 2.24) is 0 Å². The molecule has 80 valence electrons. The molecular weight excluding hydrogens is 182 g/mol. The summed E-state index contributed by atoms with van der Waals surface area (Å²) in [5, 5.41) is 0. The largest absolute Gasteiger partial charge is 0.398 e. The first-order chi connectivity index (χ1) is 6.24. The Labute approximate surface area is 82.9 Å². The molecule has 0 amide bonds. The van der Waals surface area contributed by atoms with Crippen LogP contribution in [0, 0.1) is 0 Å². The highest BCUT2D eigenvalue weighted by molar-refractivity contribution is 6.67. The van der Waals surface area contributed by atoms with E-state index < -0.39 is 8.56 Å². The van der Waals surface area contributed by atoms with Gasteiger partial charge in [0.2, 0.25) is 0 Å². The van der Waals surface area contributed by atoms with E-state index >= 15 is 0 Å². The summed E-state index contributed by atoms with van der Waals surface area (Å²) >= 11 is 0. The van der Waals surface area contributed by atoms with Gasteiger partial charge in [0.1, 0.15) is 0 Å². The van der Waals surface area contributed by atoms with Crippen LogP contribution in [-0.2, 0) is 8.85 Å². The highest BCUT2D eigenvalue weighted by Crippen LogP contribution is 2.21. The summed E-state index contributed by atoms with van der Waals surface area (Å²) in [6.45, 7) is 5.68. The zero-order chi connectivity index (χ0) is 10.2. The maximum absolute atomic E-state index is 5.78. The Bertz CT molecular complexity index is 116. The Balaban J connectivity index is 4.07. The van der Waals surface area contributed by atoms with Crippen molar-refractivity contribution in [3.05, 3.63) is 0 Å². The van der Waals surface area contributed by atoms with Crippen molar-refractivity contribution in [2.45, 2.75) is 38.8 Å². The lowest BCUT2D eigenvalue weighted by atomic mass is 10.5. The molecule has 0 aliphatic heterocycles. The molecule has 0 aliphatic carbocycles. The van der Waals surface area contributed by atoms with Crippen LogP contribution in [0.25, 0.3) is 0 Å². The monoisotopic (exact) mass is 205 g/mol. The van der Waals surface area contributed by atoms with Gasteiger partial charge in [-0.1, -0.05) is 13.3 Å². The van der Waals surface area contributed by atoms with Crippen molar-refractivity contribution in [1.29, 1.82) is 0 Å². The standard InChI is InChI=1S/C9H23NO2Si/c1-4-8-13(11-3,12-5-2)9-6-7-10/h4-10H2,1-3H3. The molecule has 0 aliphatic rings. The Kier molecular flexibility index (Phi) is 7.55. The van der Waals surface area contributed by atoms with E-state index in [9.17, 15) is 0 Å². The predicted molar refractivity (Wildman–Crippen MR) is 58.0 cm³/mol. The van der Waals surface area contributed by atoms with Crippen molar-refractivity contribution < 1.29 is 8.85 Å². The SMILES string of the molecule is CCC[Si](CCCN)(OC)OCC. The highest BCUT2D eigenvalue weighted by atomic mass is 28.4. The van der Waals surface area contributed by atoms with E-state index in [1.54, 1.807) is 7.11 Å². The van der Waals surface area contributed by atoms with Gasteiger partial charge in [-0.25, -0.2) is 0 Å². The minimum Gasteiger partial charge on any atom is -0.398 e. The van der Waals surface area contributed by atoms with Crippen LogP contribution in [0.5, 0.6) is 0 Å². The minimum atomic E-state index is -1.87. The van der Waals surface area contributed by atoms with Crippen LogP contribution in [-0.4, -0.2) is 28.8 Å². The summed E-state index contributed by atoms with van der Waals surface area (Å²) in [6.07, 6.45) is 2.14. The summed E-state index contributed by atoms with van der Waals surface area (Å²) in [7, 11) is -0.0986. The third-order valence-corrected chi connectivity index (χ3v) is 6.11. The number of hydrogen-bond donors (Lipinski definition) is 1. The molecule has 0 heterocycles. The molecule has 0 aromatic rings. The average Bonchev–Trinajstić information content (AvgIpc) is 2.15. The van der Waals surface area contributed by atoms with Gasteiger partial charge in [0.05, 0.1) is 0 Å². The summed E-state index contributed by atoms with van der Waals surface area (Å²) in [4.78, 5) is 0. The zero-order valence-corrected chi connectivity index (χ0v) is 10.1. The van der Waals surface area contributed by atoms with E-state index in [2.05, 4.69) is 6.92 Å². The van der Waals surface area contributed by atoms with Crippen molar-refractivity contribution in [2.24, 2.45) is 5.73 Å². The molecule has 0 aromatic heterocycles. The Morgan fingerprint density at radius 1 is 1.23 bits per heavy atom. The number of hydrogen-bond acceptors (Lipinski definition) is 3. The quantitative estimate of drug-likeness (QED) is 0.615. The Morgan fingerprint density at radius 3 is 2.31 bits per heavy atom. The van der Waals surface area contributed by atoms with Gasteiger partial charge in [-0.2, -0.15) is 0 Å². The van der Waals surface area contributed by atoms with E-state index in [-0.39, 0.29) is 0 Å². The van der Waals surface area contributed by atoms with Gasteiger partial charge in [0.25, 0.3) is 0 Å². The molecule has 4 heteroatoms. The first-order valence-electron chi connectivity index (χ1n) is 5.13. The van der Waals surface area contributed by atoms with Crippen LogP contribution < -0.4 is 5.73 Å². The third kappa shape index (κ3) is 4.76. The number of rotatable bonds is 8. The van der Waals surface area contributed by atoms with E-state index in [1.165, 1.54) is 0 Å². The van der Waals surface area contributed by atoms with Gasteiger partial charge in [-0.05, 0) is 32.0 Å². The molecule has 0 radical (unpaired) electrons. The molecule has 2 N–H and O–H groups in total. The van der Waals surface area contributed by atoms with Crippen molar-refractivity contribution in [2.75, 3.05) is 20.3 Å². The average molecular weight is 205 g/mol.